The van der Waals surface area contributed by atoms with Crippen LogP contribution in [0.3, 0.4) is 0 Å². The number of halogens is 2. The fourth-order valence-corrected chi connectivity index (χ4v) is 6.44. The van der Waals surface area contributed by atoms with Crippen molar-refractivity contribution in [3.63, 3.8) is 0 Å². The van der Waals surface area contributed by atoms with Gasteiger partial charge in [-0.25, -0.2) is 8.42 Å². The molecular weight excluding hydrogens is 593 g/mol. The third-order valence-corrected chi connectivity index (χ3v) is 9.59. The molecule has 0 spiro atoms. The Kier molecular flexibility index (Phi) is 12.3. The Bertz CT molecular complexity index is 1480. The molecule has 0 radical (unpaired) electrons. The Labute approximate surface area is 259 Å². The molecule has 0 aliphatic heterocycles. The van der Waals surface area contributed by atoms with Gasteiger partial charge in [0.2, 0.25) is 11.8 Å². The lowest BCUT2D eigenvalue weighted by Gasteiger charge is -2.33. The van der Waals surface area contributed by atoms with Gasteiger partial charge in [-0.05, 0) is 67.6 Å². The minimum atomic E-state index is -4.14. The molecule has 1 unspecified atom stereocenters. The number of anilines is 1. The van der Waals surface area contributed by atoms with Gasteiger partial charge in [-0.3, -0.25) is 13.9 Å². The van der Waals surface area contributed by atoms with Gasteiger partial charge in [-0.15, -0.1) is 0 Å². The second-order valence-corrected chi connectivity index (χ2v) is 12.8. The van der Waals surface area contributed by atoms with Crippen LogP contribution >= 0.6 is 23.2 Å². The van der Waals surface area contributed by atoms with Gasteiger partial charge < -0.3 is 10.2 Å². The molecule has 1 N–H and O–H groups in total. The molecule has 0 aliphatic rings. The average Bonchev–Trinajstić information content (AvgIpc) is 2.97. The number of hydrogen-bond acceptors (Lipinski definition) is 4. The molecular formula is C32H39Cl2N3O4S. The number of amides is 2. The summed E-state index contributed by atoms with van der Waals surface area (Å²) in [6, 6.07) is 17.9. The van der Waals surface area contributed by atoms with Crippen LogP contribution in [0.5, 0.6) is 0 Å². The largest absolute Gasteiger partial charge is 0.354 e. The number of nitrogens with one attached hydrogen (secondary N) is 1. The highest BCUT2D eigenvalue weighted by Crippen LogP contribution is 2.29. The van der Waals surface area contributed by atoms with Gasteiger partial charge in [0.05, 0.1) is 20.6 Å². The summed E-state index contributed by atoms with van der Waals surface area (Å²) in [5, 5.41) is 3.62. The molecule has 0 heterocycles. The maximum Gasteiger partial charge on any atom is 0.264 e. The van der Waals surface area contributed by atoms with E-state index in [-0.39, 0.29) is 17.3 Å². The number of rotatable bonds is 14. The van der Waals surface area contributed by atoms with E-state index in [1.807, 2.05) is 39.8 Å². The lowest BCUT2D eigenvalue weighted by Crippen LogP contribution is -2.52. The molecule has 7 nitrogen and oxygen atoms in total. The molecule has 2 amide bonds. The summed E-state index contributed by atoms with van der Waals surface area (Å²) in [5.74, 6) is -0.804. The maximum atomic E-state index is 14.2. The predicted molar refractivity (Wildman–Crippen MR) is 171 cm³/mol. The highest BCUT2D eigenvalue weighted by molar-refractivity contribution is 7.92. The molecule has 3 aromatic rings. The summed E-state index contributed by atoms with van der Waals surface area (Å²) in [7, 11) is -4.14. The van der Waals surface area contributed by atoms with Gasteiger partial charge in [0.15, 0.2) is 0 Å². The highest BCUT2D eigenvalue weighted by atomic mass is 35.5. The topological polar surface area (TPSA) is 86.8 Å². The van der Waals surface area contributed by atoms with Gasteiger partial charge in [0, 0.05) is 13.1 Å². The van der Waals surface area contributed by atoms with Crippen LogP contribution in [0, 0.1) is 6.92 Å². The number of sulfonamides is 1. The van der Waals surface area contributed by atoms with Crippen LogP contribution in [0.25, 0.3) is 0 Å². The summed E-state index contributed by atoms with van der Waals surface area (Å²) in [6.45, 7) is 7.70. The van der Waals surface area contributed by atoms with Crippen LogP contribution < -0.4 is 9.62 Å². The lowest BCUT2D eigenvalue weighted by atomic mass is 10.1. The van der Waals surface area contributed by atoms with E-state index in [0.717, 1.165) is 28.3 Å². The maximum absolute atomic E-state index is 14.2. The predicted octanol–water partition coefficient (Wildman–Crippen LogP) is 6.78. The minimum absolute atomic E-state index is 0.0449. The number of unbranched alkanes of at least 4 members (excludes halogenated alkanes) is 1. The standard InChI is InChI=1S/C32H39Cl2N3O4S/c1-5-8-19-35-32(39)29(7-3)36(21-24-15-18-27(33)28(34)20-24)31(38)22-37(30-12-10-9-11-25(30)6-2)42(40,41)26-16-13-23(4)14-17-26/h9-18,20,29H,5-8,19,21-22H2,1-4H3,(H,35,39). The highest BCUT2D eigenvalue weighted by Gasteiger charge is 2.34. The van der Waals surface area contributed by atoms with Crippen molar-refractivity contribution in [1.82, 2.24) is 10.2 Å². The third-order valence-electron chi connectivity index (χ3n) is 7.08. The lowest BCUT2D eigenvalue weighted by molar-refractivity contribution is -0.140. The molecule has 0 fully saturated rings. The molecule has 0 bridgehead atoms. The van der Waals surface area contributed by atoms with Crippen molar-refractivity contribution in [3.8, 4) is 0 Å². The Hall–Kier alpha value is -3.07. The first-order valence-corrected chi connectivity index (χ1v) is 16.4. The Balaban J connectivity index is 2.09. The first kappa shape index (κ1) is 33.4. The van der Waals surface area contributed by atoms with Crippen molar-refractivity contribution < 1.29 is 18.0 Å². The number of benzene rings is 3. The first-order valence-electron chi connectivity index (χ1n) is 14.2. The van der Waals surface area contributed by atoms with Crippen molar-refractivity contribution in [2.24, 2.45) is 0 Å². The molecule has 0 aliphatic carbocycles. The third kappa shape index (κ3) is 8.27. The van der Waals surface area contributed by atoms with E-state index in [0.29, 0.717) is 40.7 Å². The summed E-state index contributed by atoms with van der Waals surface area (Å²) in [4.78, 5) is 29.1. The first-order chi connectivity index (χ1) is 20.0. The Morgan fingerprint density at radius 3 is 2.24 bits per heavy atom. The monoisotopic (exact) mass is 631 g/mol. The van der Waals surface area contributed by atoms with Crippen molar-refractivity contribution in [1.29, 1.82) is 0 Å². The second kappa shape index (κ2) is 15.4. The number of nitrogens with zero attached hydrogens (tertiary/aromatic N) is 2. The van der Waals surface area contributed by atoms with Gasteiger partial charge >= 0.3 is 0 Å². The molecule has 42 heavy (non-hydrogen) atoms. The molecule has 0 saturated carbocycles. The van der Waals surface area contributed by atoms with Crippen molar-refractivity contribution in [2.75, 3.05) is 17.4 Å². The van der Waals surface area contributed by atoms with Crippen LogP contribution in [-0.2, 0) is 32.6 Å². The van der Waals surface area contributed by atoms with Crippen LogP contribution in [0.1, 0.15) is 56.7 Å². The SMILES string of the molecule is CCCCNC(=O)C(CC)N(Cc1ccc(Cl)c(Cl)c1)C(=O)CN(c1ccccc1CC)S(=O)(=O)c1ccc(C)cc1. The molecule has 226 valence electrons. The Morgan fingerprint density at radius 1 is 0.929 bits per heavy atom. The van der Waals surface area contributed by atoms with Gasteiger partial charge in [0.1, 0.15) is 12.6 Å². The van der Waals surface area contributed by atoms with Crippen LogP contribution in [-0.4, -0.2) is 44.3 Å². The molecule has 1 atom stereocenters. The fourth-order valence-electron chi connectivity index (χ4n) is 4.66. The van der Waals surface area contributed by atoms with E-state index in [1.165, 1.54) is 4.90 Å². The second-order valence-electron chi connectivity index (χ2n) is 10.1. The van der Waals surface area contributed by atoms with E-state index < -0.39 is 28.5 Å². The minimum Gasteiger partial charge on any atom is -0.354 e. The number of para-hydroxylation sites is 1. The normalized spacial score (nSPS) is 12.0. The van der Waals surface area contributed by atoms with Crippen LogP contribution in [0.2, 0.25) is 10.0 Å². The van der Waals surface area contributed by atoms with Crippen molar-refractivity contribution in [3.05, 3.63) is 93.5 Å². The molecule has 0 aromatic heterocycles. The van der Waals surface area contributed by atoms with Gasteiger partial charge in [-0.2, -0.15) is 0 Å². The quantitative estimate of drug-likeness (QED) is 0.199. The van der Waals surface area contributed by atoms with Crippen molar-refractivity contribution in [2.45, 2.75) is 70.9 Å². The fraction of sp³-hybridized carbons (Fsp3) is 0.375. The zero-order valence-corrected chi connectivity index (χ0v) is 26.9. The summed E-state index contributed by atoms with van der Waals surface area (Å²) < 4.78 is 29.4. The molecule has 3 rings (SSSR count). The van der Waals surface area contributed by atoms with Crippen LogP contribution in [0.4, 0.5) is 5.69 Å². The number of hydrogen-bond donors (Lipinski definition) is 1. The smallest absolute Gasteiger partial charge is 0.264 e. The van der Waals surface area contributed by atoms with Gasteiger partial charge in [-0.1, -0.05) is 92.4 Å². The van der Waals surface area contributed by atoms with Gasteiger partial charge in [0.25, 0.3) is 10.0 Å². The Morgan fingerprint density at radius 2 is 1.62 bits per heavy atom. The molecule has 0 saturated heterocycles. The summed E-state index contributed by atoms with van der Waals surface area (Å²) in [6.07, 6.45) is 2.61. The van der Waals surface area contributed by atoms with E-state index in [1.54, 1.807) is 54.6 Å². The van der Waals surface area contributed by atoms with E-state index in [9.17, 15) is 18.0 Å². The zero-order valence-electron chi connectivity index (χ0n) is 24.6. The molecule has 10 heteroatoms. The number of carbonyl (C=O) groups excluding carboxylic acids is 2. The van der Waals surface area contributed by atoms with Crippen molar-refractivity contribution >= 4 is 50.7 Å². The number of aryl methyl sites for hydroxylation is 2. The summed E-state index contributed by atoms with van der Waals surface area (Å²) in [5.41, 5.74) is 2.78. The molecule has 3 aromatic carbocycles. The van der Waals surface area contributed by atoms with E-state index in [4.69, 9.17) is 23.2 Å². The van der Waals surface area contributed by atoms with E-state index >= 15 is 0 Å². The number of carbonyl (C=O) groups is 2. The van der Waals surface area contributed by atoms with E-state index in [2.05, 4.69) is 5.32 Å². The average molecular weight is 633 g/mol. The van der Waals surface area contributed by atoms with Crippen LogP contribution in [0.15, 0.2) is 71.6 Å². The zero-order chi connectivity index (χ0) is 30.9. The summed E-state index contributed by atoms with van der Waals surface area (Å²) >= 11 is 12.4.